The highest BCUT2D eigenvalue weighted by Gasteiger charge is 2.34. The predicted molar refractivity (Wildman–Crippen MR) is 66.5 cm³/mol. The van der Waals surface area contributed by atoms with Crippen molar-refractivity contribution >= 4 is 17.9 Å². The van der Waals surface area contributed by atoms with E-state index in [0.29, 0.717) is 12.1 Å². The Morgan fingerprint density at radius 3 is 2.53 bits per heavy atom. The molecule has 1 atom stereocenters. The van der Waals surface area contributed by atoms with Gasteiger partial charge in [-0.15, -0.1) is 0 Å². The van der Waals surface area contributed by atoms with E-state index in [4.69, 9.17) is 5.11 Å². The molecule has 1 unspecified atom stereocenters. The standard InChI is InChI=1S/C12H17N3O4/c16-10(3-4-11(17)18)14-12(19)13-8-5-6-15(7-8)9-1-2-9/h3-4,8-9H,1-2,5-7H2,(H,17,18)(H2,13,14,16,19). The van der Waals surface area contributed by atoms with Crippen LogP contribution in [0.15, 0.2) is 12.2 Å². The number of amides is 3. The third-order valence-corrected chi connectivity index (χ3v) is 3.23. The summed E-state index contributed by atoms with van der Waals surface area (Å²) < 4.78 is 0. The van der Waals surface area contributed by atoms with Crippen LogP contribution in [0.1, 0.15) is 19.3 Å². The number of carbonyl (C=O) groups excluding carboxylic acids is 2. The molecular formula is C12H17N3O4. The molecule has 7 heteroatoms. The van der Waals surface area contributed by atoms with Crippen LogP contribution in [0, 0.1) is 0 Å². The fourth-order valence-electron chi connectivity index (χ4n) is 2.20. The SMILES string of the molecule is O=C(O)C=CC(=O)NC(=O)NC1CCN(C2CC2)C1. The van der Waals surface area contributed by atoms with Crippen molar-refractivity contribution in [1.29, 1.82) is 0 Å². The Morgan fingerprint density at radius 2 is 1.89 bits per heavy atom. The Morgan fingerprint density at radius 1 is 1.16 bits per heavy atom. The van der Waals surface area contributed by atoms with Crippen LogP contribution in [-0.2, 0) is 9.59 Å². The van der Waals surface area contributed by atoms with Crippen LogP contribution in [0.5, 0.6) is 0 Å². The summed E-state index contributed by atoms with van der Waals surface area (Å²) in [6.07, 6.45) is 4.85. The van der Waals surface area contributed by atoms with Gasteiger partial charge in [0.05, 0.1) is 0 Å². The van der Waals surface area contributed by atoms with Gasteiger partial charge in [0.15, 0.2) is 0 Å². The highest BCUT2D eigenvalue weighted by atomic mass is 16.4. The quantitative estimate of drug-likeness (QED) is 0.607. The normalized spacial score (nSPS) is 23.5. The van der Waals surface area contributed by atoms with Crippen molar-refractivity contribution in [2.45, 2.75) is 31.3 Å². The van der Waals surface area contributed by atoms with Crippen LogP contribution in [0.4, 0.5) is 4.79 Å². The number of rotatable bonds is 4. The zero-order chi connectivity index (χ0) is 13.8. The number of nitrogens with one attached hydrogen (secondary N) is 2. The zero-order valence-electron chi connectivity index (χ0n) is 10.5. The van der Waals surface area contributed by atoms with Crippen molar-refractivity contribution in [1.82, 2.24) is 15.5 Å². The van der Waals surface area contributed by atoms with Crippen LogP contribution < -0.4 is 10.6 Å². The molecule has 1 aliphatic heterocycles. The van der Waals surface area contributed by atoms with Crippen molar-refractivity contribution in [3.63, 3.8) is 0 Å². The molecule has 0 aromatic carbocycles. The number of likely N-dealkylation sites (tertiary alicyclic amines) is 1. The molecule has 2 fully saturated rings. The van der Waals surface area contributed by atoms with Gasteiger partial charge >= 0.3 is 12.0 Å². The fraction of sp³-hybridized carbons (Fsp3) is 0.583. The van der Waals surface area contributed by atoms with Crippen molar-refractivity contribution in [2.24, 2.45) is 0 Å². The molecule has 19 heavy (non-hydrogen) atoms. The molecule has 2 aliphatic rings. The third-order valence-electron chi connectivity index (χ3n) is 3.23. The maximum absolute atomic E-state index is 11.5. The second-order valence-electron chi connectivity index (χ2n) is 4.85. The van der Waals surface area contributed by atoms with Gasteiger partial charge in [-0.1, -0.05) is 0 Å². The molecular weight excluding hydrogens is 250 g/mol. The largest absolute Gasteiger partial charge is 0.478 e. The van der Waals surface area contributed by atoms with Crippen molar-refractivity contribution in [2.75, 3.05) is 13.1 Å². The van der Waals surface area contributed by atoms with E-state index < -0.39 is 17.9 Å². The third kappa shape index (κ3) is 4.36. The molecule has 2 rings (SSSR count). The lowest BCUT2D eigenvalue weighted by molar-refractivity contribution is -0.131. The van der Waals surface area contributed by atoms with E-state index in [1.165, 1.54) is 12.8 Å². The number of imide groups is 1. The maximum Gasteiger partial charge on any atom is 0.328 e. The molecule has 0 bridgehead atoms. The summed E-state index contributed by atoms with van der Waals surface area (Å²) in [6, 6.07) is 0.148. The van der Waals surface area contributed by atoms with Crippen molar-refractivity contribution in [3.8, 4) is 0 Å². The first-order chi connectivity index (χ1) is 9.04. The van der Waals surface area contributed by atoms with Gasteiger partial charge in [0.25, 0.3) is 5.91 Å². The van der Waals surface area contributed by atoms with E-state index in [2.05, 4.69) is 15.5 Å². The summed E-state index contributed by atoms with van der Waals surface area (Å²) in [5, 5.41) is 13.1. The van der Waals surface area contributed by atoms with Gasteiger partial charge in [0.1, 0.15) is 0 Å². The summed E-state index contributed by atoms with van der Waals surface area (Å²) in [5.41, 5.74) is 0. The number of carbonyl (C=O) groups is 3. The topological polar surface area (TPSA) is 98.7 Å². The number of urea groups is 1. The minimum absolute atomic E-state index is 0.0526. The summed E-state index contributed by atoms with van der Waals surface area (Å²) in [6.45, 7) is 1.79. The van der Waals surface area contributed by atoms with E-state index in [1.807, 2.05) is 0 Å². The van der Waals surface area contributed by atoms with Crippen LogP contribution in [0.25, 0.3) is 0 Å². The van der Waals surface area contributed by atoms with Gasteiger partial charge in [-0.05, 0) is 19.3 Å². The van der Waals surface area contributed by atoms with E-state index in [0.717, 1.165) is 25.6 Å². The number of nitrogens with zero attached hydrogens (tertiary/aromatic N) is 1. The first-order valence-corrected chi connectivity index (χ1v) is 6.31. The average molecular weight is 267 g/mol. The van der Waals surface area contributed by atoms with Crippen LogP contribution in [0.2, 0.25) is 0 Å². The fourth-order valence-corrected chi connectivity index (χ4v) is 2.20. The van der Waals surface area contributed by atoms with Gasteiger partial charge in [-0.25, -0.2) is 9.59 Å². The molecule has 1 heterocycles. The predicted octanol–water partition coefficient (Wildman–Crippen LogP) is -0.310. The molecule has 0 aromatic rings. The Bertz CT molecular complexity index is 417. The monoisotopic (exact) mass is 267 g/mol. The summed E-state index contributed by atoms with van der Waals surface area (Å²) in [4.78, 5) is 35.2. The Labute approximate surface area is 110 Å². The first-order valence-electron chi connectivity index (χ1n) is 6.31. The molecule has 7 nitrogen and oxygen atoms in total. The minimum Gasteiger partial charge on any atom is -0.478 e. The van der Waals surface area contributed by atoms with Crippen LogP contribution in [-0.4, -0.2) is 53.1 Å². The molecule has 1 aliphatic carbocycles. The lowest BCUT2D eigenvalue weighted by atomic mass is 10.3. The van der Waals surface area contributed by atoms with Crippen LogP contribution >= 0.6 is 0 Å². The second kappa shape index (κ2) is 5.83. The minimum atomic E-state index is -1.23. The van der Waals surface area contributed by atoms with E-state index >= 15 is 0 Å². The van der Waals surface area contributed by atoms with Gasteiger partial charge in [-0.2, -0.15) is 0 Å². The number of carboxylic acid groups (broad SMARTS) is 1. The maximum atomic E-state index is 11.5. The average Bonchev–Trinajstić information content (AvgIpc) is 3.08. The number of hydrogen-bond acceptors (Lipinski definition) is 4. The first kappa shape index (κ1) is 13.5. The Hall–Kier alpha value is -1.89. The molecule has 3 amide bonds. The lowest BCUT2D eigenvalue weighted by Gasteiger charge is -2.15. The molecule has 104 valence electrons. The highest BCUT2D eigenvalue weighted by Crippen LogP contribution is 2.29. The van der Waals surface area contributed by atoms with Crippen LogP contribution in [0.3, 0.4) is 0 Å². The Kier molecular flexibility index (Phi) is 4.16. The van der Waals surface area contributed by atoms with Crippen molar-refractivity contribution < 1.29 is 19.5 Å². The number of carboxylic acids is 1. The number of aliphatic carboxylic acids is 1. The highest BCUT2D eigenvalue weighted by molar-refractivity contribution is 6.02. The zero-order valence-corrected chi connectivity index (χ0v) is 10.5. The summed E-state index contributed by atoms with van der Waals surface area (Å²) in [5.74, 6) is -1.97. The van der Waals surface area contributed by atoms with E-state index in [1.54, 1.807) is 0 Å². The second-order valence-corrected chi connectivity index (χ2v) is 4.85. The van der Waals surface area contributed by atoms with Gasteiger partial charge in [0.2, 0.25) is 0 Å². The lowest BCUT2D eigenvalue weighted by Crippen LogP contribution is -2.45. The molecule has 1 saturated carbocycles. The molecule has 0 radical (unpaired) electrons. The van der Waals surface area contributed by atoms with Gasteiger partial charge < -0.3 is 10.4 Å². The molecule has 0 aromatic heterocycles. The van der Waals surface area contributed by atoms with Gasteiger partial charge in [-0.3, -0.25) is 15.0 Å². The summed E-state index contributed by atoms with van der Waals surface area (Å²) >= 11 is 0. The van der Waals surface area contributed by atoms with E-state index in [-0.39, 0.29) is 6.04 Å². The smallest absolute Gasteiger partial charge is 0.328 e. The molecule has 1 saturated heterocycles. The number of hydrogen-bond donors (Lipinski definition) is 3. The molecule has 0 spiro atoms. The Balaban J connectivity index is 1.69. The summed E-state index contributed by atoms with van der Waals surface area (Å²) in [7, 11) is 0. The van der Waals surface area contributed by atoms with Gasteiger partial charge in [0, 0.05) is 37.3 Å². The van der Waals surface area contributed by atoms with Crippen molar-refractivity contribution in [3.05, 3.63) is 12.2 Å². The molecule has 3 N–H and O–H groups in total. The van der Waals surface area contributed by atoms with E-state index in [9.17, 15) is 14.4 Å².